The van der Waals surface area contributed by atoms with Gasteiger partial charge in [-0.1, -0.05) is 63.3 Å². The van der Waals surface area contributed by atoms with Crippen LogP contribution in [-0.4, -0.2) is 10.2 Å². The Morgan fingerprint density at radius 3 is 2.38 bits per heavy atom. The van der Waals surface area contributed by atoms with Crippen molar-refractivity contribution in [2.24, 2.45) is 5.92 Å². The molecule has 2 aromatic carbocycles. The van der Waals surface area contributed by atoms with Crippen LogP contribution in [0.2, 0.25) is 0 Å². The molecule has 0 aliphatic heterocycles. The number of aliphatic hydroxyl groups is 2. The van der Waals surface area contributed by atoms with E-state index >= 15 is 0 Å². The van der Waals surface area contributed by atoms with Gasteiger partial charge in [-0.05, 0) is 71.2 Å². The molecule has 2 N–H and O–H groups in total. The Labute approximate surface area is 175 Å². The average molecular weight is 395 g/mol. The van der Waals surface area contributed by atoms with Crippen LogP contribution in [0.15, 0.2) is 60.7 Å². The van der Waals surface area contributed by atoms with Gasteiger partial charge in [0.05, 0.1) is 13.2 Å². The lowest BCUT2D eigenvalue weighted by Gasteiger charge is -2.12. The molecule has 29 heavy (non-hydrogen) atoms. The zero-order valence-electron chi connectivity index (χ0n) is 17.9. The Kier molecular flexibility index (Phi) is 9.69. The van der Waals surface area contributed by atoms with Gasteiger partial charge in [0, 0.05) is 0 Å². The summed E-state index contributed by atoms with van der Waals surface area (Å²) in [6, 6.07) is 13.8. The van der Waals surface area contributed by atoms with Gasteiger partial charge in [0.2, 0.25) is 0 Å². The zero-order chi connectivity index (χ0) is 21.1. The molecule has 0 unspecified atom stereocenters. The van der Waals surface area contributed by atoms with Crippen LogP contribution in [0.1, 0.15) is 62.3 Å². The third-order valence-electron chi connectivity index (χ3n) is 5.33. The number of aliphatic hydroxyl groups excluding tert-OH is 2. The largest absolute Gasteiger partial charge is 0.489 e. The molecule has 3 heteroatoms. The van der Waals surface area contributed by atoms with Crippen molar-refractivity contribution in [2.45, 2.75) is 59.9 Å². The molecular formula is C26H34O3. The molecule has 0 bridgehead atoms. The van der Waals surface area contributed by atoms with E-state index in [9.17, 15) is 10.2 Å². The highest BCUT2D eigenvalue weighted by atomic mass is 16.5. The molecule has 0 radical (unpaired) electrons. The fraction of sp³-hybridized carbons (Fsp3) is 0.385. The molecule has 2 rings (SSSR count). The van der Waals surface area contributed by atoms with Crippen LogP contribution in [0.3, 0.4) is 0 Å². The summed E-state index contributed by atoms with van der Waals surface area (Å²) >= 11 is 0. The van der Waals surface area contributed by atoms with E-state index < -0.39 is 0 Å². The SMILES string of the molecule is CC/C(=C\C=C\C(CC)CC)c1cccc(OCc2ccc(CO)c(CO)c2)c1. The number of hydrogen-bond donors (Lipinski definition) is 2. The molecule has 0 aliphatic rings. The van der Waals surface area contributed by atoms with Crippen LogP contribution in [-0.2, 0) is 19.8 Å². The van der Waals surface area contributed by atoms with Gasteiger partial charge < -0.3 is 14.9 Å². The number of benzene rings is 2. The van der Waals surface area contributed by atoms with Crippen molar-refractivity contribution in [3.8, 4) is 5.75 Å². The number of allylic oxidation sites excluding steroid dienone is 4. The lowest BCUT2D eigenvalue weighted by Crippen LogP contribution is -2.00. The second-order valence-corrected chi connectivity index (χ2v) is 7.24. The second kappa shape index (κ2) is 12.3. The first kappa shape index (κ1) is 22.9. The molecular weight excluding hydrogens is 360 g/mol. The van der Waals surface area contributed by atoms with Gasteiger partial charge in [-0.3, -0.25) is 0 Å². The molecule has 0 amide bonds. The minimum absolute atomic E-state index is 0.0725. The first-order chi connectivity index (χ1) is 14.1. The van der Waals surface area contributed by atoms with Gasteiger partial charge in [0.25, 0.3) is 0 Å². The summed E-state index contributed by atoms with van der Waals surface area (Å²) in [7, 11) is 0. The Morgan fingerprint density at radius 2 is 1.72 bits per heavy atom. The molecule has 156 valence electrons. The van der Waals surface area contributed by atoms with Gasteiger partial charge in [-0.25, -0.2) is 0 Å². The molecule has 0 aliphatic carbocycles. The predicted octanol–water partition coefficient (Wildman–Crippen LogP) is 6.04. The normalized spacial score (nSPS) is 12.1. The fourth-order valence-electron chi connectivity index (χ4n) is 3.33. The van der Waals surface area contributed by atoms with Gasteiger partial charge >= 0.3 is 0 Å². The Morgan fingerprint density at radius 1 is 0.966 bits per heavy atom. The van der Waals surface area contributed by atoms with E-state index in [1.807, 2.05) is 30.3 Å². The van der Waals surface area contributed by atoms with Crippen molar-refractivity contribution < 1.29 is 14.9 Å². The predicted molar refractivity (Wildman–Crippen MR) is 121 cm³/mol. The topological polar surface area (TPSA) is 49.7 Å². The second-order valence-electron chi connectivity index (χ2n) is 7.24. The maximum Gasteiger partial charge on any atom is 0.120 e. The van der Waals surface area contributed by atoms with Crippen LogP contribution in [0.5, 0.6) is 5.75 Å². The van der Waals surface area contributed by atoms with Crippen LogP contribution < -0.4 is 4.74 Å². The van der Waals surface area contributed by atoms with Crippen molar-refractivity contribution in [1.82, 2.24) is 0 Å². The van der Waals surface area contributed by atoms with Gasteiger partial charge in [-0.2, -0.15) is 0 Å². The molecule has 0 spiro atoms. The summed E-state index contributed by atoms with van der Waals surface area (Å²) in [4.78, 5) is 0. The van der Waals surface area contributed by atoms with Crippen LogP contribution in [0.4, 0.5) is 0 Å². The Bertz CT molecular complexity index is 816. The molecule has 3 nitrogen and oxygen atoms in total. The lowest BCUT2D eigenvalue weighted by atomic mass is 10.0. The highest BCUT2D eigenvalue weighted by Gasteiger charge is 2.05. The van der Waals surface area contributed by atoms with E-state index in [4.69, 9.17) is 4.74 Å². The Balaban J connectivity index is 2.10. The van der Waals surface area contributed by atoms with Crippen molar-refractivity contribution >= 4 is 5.57 Å². The fourth-order valence-corrected chi connectivity index (χ4v) is 3.33. The smallest absolute Gasteiger partial charge is 0.120 e. The van der Waals surface area contributed by atoms with E-state index in [0.717, 1.165) is 28.9 Å². The zero-order valence-corrected chi connectivity index (χ0v) is 17.9. The Hall–Kier alpha value is -2.36. The summed E-state index contributed by atoms with van der Waals surface area (Å²) in [5.41, 5.74) is 4.91. The monoisotopic (exact) mass is 394 g/mol. The summed E-state index contributed by atoms with van der Waals surface area (Å²) in [6.07, 6.45) is 9.98. The van der Waals surface area contributed by atoms with E-state index in [1.165, 1.54) is 24.0 Å². The maximum atomic E-state index is 9.46. The maximum absolute atomic E-state index is 9.46. The molecule has 2 aromatic rings. The van der Waals surface area contributed by atoms with Crippen molar-refractivity contribution in [2.75, 3.05) is 0 Å². The van der Waals surface area contributed by atoms with E-state index in [1.54, 1.807) is 0 Å². The molecule has 0 aromatic heterocycles. The minimum atomic E-state index is -0.0890. The lowest BCUT2D eigenvalue weighted by molar-refractivity contribution is 0.259. The van der Waals surface area contributed by atoms with Crippen LogP contribution in [0.25, 0.3) is 5.57 Å². The first-order valence-corrected chi connectivity index (χ1v) is 10.6. The number of rotatable bonds is 11. The van der Waals surface area contributed by atoms with E-state index in [2.05, 4.69) is 51.1 Å². The van der Waals surface area contributed by atoms with E-state index in [-0.39, 0.29) is 13.2 Å². The highest BCUT2D eigenvalue weighted by molar-refractivity contribution is 5.67. The highest BCUT2D eigenvalue weighted by Crippen LogP contribution is 2.24. The molecule has 0 saturated carbocycles. The third-order valence-corrected chi connectivity index (χ3v) is 5.33. The third kappa shape index (κ3) is 6.88. The summed E-state index contributed by atoms with van der Waals surface area (Å²) in [5.74, 6) is 1.46. The van der Waals surface area contributed by atoms with Gasteiger partial charge in [0.15, 0.2) is 0 Å². The van der Waals surface area contributed by atoms with Gasteiger partial charge in [0.1, 0.15) is 12.4 Å². The number of ether oxygens (including phenoxy) is 1. The molecule has 0 saturated heterocycles. The standard InChI is InChI=1S/C26H34O3/c1-4-20(5-2)9-7-10-22(6-3)23-11-8-12-26(16-23)29-19-21-13-14-24(17-27)25(15-21)18-28/h7-16,20,27-28H,4-6,17-19H2,1-3H3/b9-7+,22-10+. The summed E-state index contributed by atoms with van der Waals surface area (Å²) < 4.78 is 5.99. The minimum Gasteiger partial charge on any atom is -0.489 e. The van der Waals surface area contributed by atoms with Crippen molar-refractivity contribution in [1.29, 1.82) is 0 Å². The van der Waals surface area contributed by atoms with Crippen LogP contribution >= 0.6 is 0 Å². The average Bonchev–Trinajstić information content (AvgIpc) is 2.78. The van der Waals surface area contributed by atoms with Crippen molar-refractivity contribution in [3.05, 3.63) is 82.9 Å². The van der Waals surface area contributed by atoms with Gasteiger partial charge in [-0.15, -0.1) is 0 Å². The quantitative estimate of drug-likeness (QED) is 0.457. The summed E-state index contributed by atoms with van der Waals surface area (Å²) in [5, 5.41) is 18.8. The molecule has 0 heterocycles. The van der Waals surface area contributed by atoms with E-state index in [0.29, 0.717) is 12.5 Å². The molecule has 0 atom stereocenters. The summed E-state index contributed by atoms with van der Waals surface area (Å²) in [6.45, 7) is 6.88. The number of hydrogen-bond acceptors (Lipinski definition) is 3. The molecule has 0 fully saturated rings. The van der Waals surface area contributed by atoms with Crippen molar-refractivity contribution in [3.63, 3.8) is 0 Å². The van der Waals surface area contributed by atoms with Crippen LogP contribution in [0, 0.1) is 5.92 Å². The first-order valence-electron chi connectivity index (χ1n) is 10.6.